The lowest BCUT2D eigenvalue weighted by Crippen LogP contribution is -2.48. The van der Waals surface area contributed by atoms with Crippen molar-refractivity contribution in [2.75, 3.05) is 33.2 Å². The summed E-state index contributed by atoms with van der Waals surface area (Å²) in [5.74, 6) is 0. The first kappa shape index (κ1) is 9.77. The zero-order chi connectivity index (χ0) is 9.97. The molecule has 0 spiro atoms. The van der Waals surface area contributed by atoms with E-state index in [9.17, 15) is 4.79 Å². The fourth-order valence-electron chi connectivity index (χ4n) is 1.87. The van der Waals surface area contributed by atoms with E-state index < -0.39 is 0 Å². The van der Waals surface area contributed by atoms with E-state index in [-0.39, 0.29) is 6.03 Å². The Bertz CT molecular complexity index is 215. The van der Waals surface area contributed by atoms with Gasteiger partial charge in [-0.2, -0.15) is 0 Å². The van der Waals surface area contributed by atoms with Crippen LogP contribution in [0.2, 0.25) is 0 Å². The van der Waals surface area contributed by atoms with Crippen LogP contribution >= 0.6 is 0 Å². The Labute approximate surface area is 85.2 Å². The fourth-order valence-corrected chi connectivity index (χ4v) is 1.87. The van der Waals surface area contributed by atoms with Crippen molar-refractivity contribution >= 4 is 6.03 Å². The Balaban J connectivity index is 1.70. The van der Waals surface area contributed by atoms with Crippen LogP contribution in [0.4, 0.5) is 4.79 Å². The predicted octanol–water partition coefficient (Wildman–Crippen LogP) is 0.496. The molecule has 1 aliphatic heterocycles. The van der Waals surface area contributed by atoms with Gasteiger partial charge in [-0.3, -0.25) is 0 Å². The van der Waals surface area contributed by atoms with Crippen molar-refractivity contribution in [3.05, 3.63) is 0 Å². The van der Waals surface area contributed by atoms with Gasteiger partial charge in [0.15, 0.2) is 0 Å². The van der Waals surface area contributed by atoms with Crippen LogP contribution in [-0.4, -0.2) is 55.1 Å². The van der Waals surface area contributed by atoms with Gasteiger partial charge in [0.25, 0.3) is 0 Å². The quantitative estimate of drug-likeness (QED) is 0.712. The molecule has 2 rings (SSSR count). The van der Waals surface area contributed by atoms with Crippen molar-refractivity contribution in [2.45, 2.75) is 25.3 Å². The molecule has 1 saturated carbocycles. The summed E-state index contributed by atoms with van der Waals surface area (Å²) >= 11 is 0. The molecule has 2 amide bonds. The van der Waals surface area contributed by atoms with Crippen molar-refractivity contribution in [2.24, 2.45) is 0 Å². The van der Waals surface area contributed by atoms with E-state index >= 15 is 0 Å². The van der Waals surface area contributed by atoms with Crippen LogP contribution in [0, 0.1) is 0 Å². The summed E-state index contributed by atoms with van der Waals surface area (Å²) in [4.78, 5) is 15.7. The third-order valence-electron chi connectivity index (χ3n) is 3.06. The van der Waals surface area contributed by atoms with E-state index in [0.717, 1.165) is 38.6 Å². The van der Waals surface area contributed by atoms with Gasteiger partial charge in [-0.1, -0.05) is 0 Å². The van der Waals surface area contributed by atoms with Crippen molar-refractivity contribution in [3.63, 3.8) is 0 Å². The number of nitrogens with zero attached hydrogens (tertiary/aromatic N) is 2. The molecular formula is C10H19N3O. The molecule has 1 heterocycles. The summed E-state index contributed by atoms with van der Waals surface area (Å²) in [6.07, 6.45) is 3.75. The molecular weight excluding hydrogens is 178 g/mol. The van der Waals surface area contributed by atoms with Gasteiger partial charge in [0, 0.05) is 32.2 Å². The maximum atomic E-state index is 11.4. The van der Waals surface area contributed by atoms with Gasteiger partial charge in [-0.15, -0.1) is 0 Å². The molecule has 14 heavy (non-hydrogen) atoms. The Morgan fingerprint density at radius 1 is 1.57 bits per heavy atom. The first-order valence-corrected chi connectivity index (χ1v) is 5.50. The monoisotopic (exact) mass is 197 g/mol. The summed E-state index contributed by atoms with van der Waals surface area (Å²) in [6, 6.07) is 0.906. The SMILES string of the molecule is CN(CCN1CCCNC1=O)C1CC1. The summed E-state index contributed by atoms with van der Waals surface area (Å²) in [6.45, 7) is 3.65. The van der Waals surface area contributed by atoms with Crippen molar-refractivity contribution in [1.29, 1.82) is 0 Å². The van der Waals surface area contributed by atoms with Gasteiger partial charge in [0.2, 0.25) is 0 Å². The molecule has 4 nitrogen and oxygen atoms in total. The van der Waals surface area contributed by atoms with Crippen LogP contribution in [0.25, 0.3) is 0 Å². The molecule has 1 N–H and O–H groups in total. The number of amides is 2. The van der Waals surface area contributed by atoms with Gasteiger partial charge in [0.1, 0.15) is 0 Å². The maximum absolute atomic E-state index is 11.4. The van der Waals surface area contributed by atoms with Crippen molar-refractivity contribution in [3.8, 4) is 0 Å². The predicted molar refractivity (Wildman–Crippen MR) is 55.2 cm³/mol. The minimum absolute atomic E-state index is 0.112. The summed E-state index contributed by atoms with van der Waals surface area (Å²) in [5, 5.41) is 2.87. The molecule has 0 bridgehead atoms. The van der Waals surface area contributed by atoms with E-state index in [1.807, 2.05) is 4.90 Å². The van der Waals surface area contributed by atoms with Crippen LogP contribution in [0.3, 0.4) is 0 Å². The fraction of sp³-hybridized carbons (Fsp3) is 0.900. The summed E-state index contributed by atoms with van der Waals surface area (Å²) in [7, 11) is 2.15. The first-order valence-electron chi connectivity index (χ1n) is 5.50. The maximum Gasteiger partial charge on any atom is 0.317 e. The topological polar surface area (TPSA) is 35.6 Å². The molecule has 0 aromatic carbocycles. The van der Waals surface area contributed by atoms with E-state index in [4.69, 9.17) is 0 Å². The van der Waals surface area contributed by atoms with Gasteiger partial charge in [-0.05, 0) is 26.3 Å². The Morgan fingerprint density at radius 3 is 3.00 bits per heavy atom. The van der Waals surface area contributed by atoms with Gasteiger partial charge >= 0.3 is 6.03 Å². The number of nitrogens with one attached hydrogen (secondary N) is 1. The lowest BCUT2D eigenvalue weighted by Gasteiger charge is -2.29. The number of hydrogen-bond donors (Lipinski definition) is 1. The third-order valence-corrected chi connectivity index (χ3v) is 3.06. The van der Waals surface area contributed by atoms with Gasteiger partial charge in [-0.25, -0.2) is 4.79 Å². The number of hydrogen-bond acceptors (Lipinski definition) is 2. The second kappa shape index (κ2) is 4.17. The molecule has 0 radical (unpaired) electrons. The number of likely N-dealkylation sites (N-methyl/N-ethyl adjacent to an activating group) is 1. The van der Waals surface area contributed by atoms with Crippen LogP contribution < -0.4 is 5.32 Å². The van der Waals surface area contributed by atoms with E-state index in [0.29, 0.717) is 0 Å². The van der Waals surface area contributed by atoms with Crippen LogP contribution in [-0.2, 0) is 0 Å². The highest BCUT2D eigenvalue weighted by Gasteiger charge is 2.26. The van der Waals surface area contributed by atoms with E-state index in [1.165, 1.54) is 12.8 Å². The van der Waals surface area contributed by atoms with Crippen LogP contribution in [0.5, 0.6) is 0 Å². The lowest BCUT2D eigenvalue weighted by molar-refractivity contribution is 0.175. The van der Waals surface area contributed by atoms with Gasteiger partial charge in [0.05, 0.1) is 0 Å². The van der Waals surface area contributed by atoms with Crippen molar-refractivity contribution < 1.29 is 4.79 Å². The smallest absolute Gasteiger partial charge is 0.317 e. The van der Waals surface area contributed by atoms with Crippen LogP contribution in [0.1, 0.15) is 19.3 Å². The highest BCUT2D eigenvalue weighted by Crippen LogP contribution is 2.24. The molecule has 0 aromatic heterocycles. The minimum atomic E-state index is 0.112. The number of carbonyl (C=O) groups is 1. The molecule has 2 fully saturated rings. The van der Waals surface area contributed by atoms with Crippen LogP contribution in [0.15, 0.2) is 0 Å². The van der Waals surface area contributed by atoms with Gasteiger partial charge < -0.3 is 15.1 Å². The largest absolute Gasteiger partial charge is 0.338 e. The third kappa shape index (κ3) is 2.38. The Morgan fingerprint density at radius 2 is 2.36 bits per heavy atom. The minimum Gasteiger partial charge on any atom is -0.338 e. The molecule has 2 aliphatic rings. The summed E-state index contributed by atoms with van der Waals surface area (Å²) < 4.78 is 0. The number of rotatable bonds is 4. The molecule has 0 atom stereocenters. The summed E-state index contributed by atoms with van der Waals surface area (Å²) in [5.41, 5.74) is 0. The zero-order valence-corrected chi connectivity index (χ0v) is 8.83. The first-order chi connectivity index (χ1) is 6.77. The molecule has 80 valence electrons. The average Bonchev–Trinajstić information content (AvgIpc) is 2.99. The van der Waals surface area contributed by atoms with E-state index in [1.54, 1.807) is 0 Å². The molecule has 1 saturated heterocycles. The standard InChI is InChI=1S/C10H19N3O/c1-12(9-3-4-9)7-8-13-6-2-5-11-10(13)14/h9H,2-8H2,1H3,(H,11,14). The Hall–Kier alpha value is -0.770. The molecule has 0 aromatic rings. The molecule has 4 heteroatoms. The highest BCUT2D eigenvalue weighted by atomic mass is 16.2. The number of urea groups is 1. The molecule has 0 unspecified atom stereocenters. The highest BCUT2D eigenvalue weighted by molar-refractivity contribution is 5.74. The molecule has 1 aliphatic carbocycles. The second-order valence-corrected chi connectivity index (χ2v) is 4.28. The second-order valence-electron chi connectivity index (χ2n) is 4.28. The van der Waals surface area contributed by atoms with Crippen molar-refractivity contribution in [1.82, 2.24) is 15.1 Å². The van der Waals surface area contributed by atoms with E-state index in [2.05, 4.69) is 17.3 Å². The lowest BCUT2D eigenvalue weighted by atomic mass is 10.3. The normalized spacial score (nSPS) is 22.7. The average molecular weight is 197 g/mol. The Kier molecular flexibility index (Phi) is 2.91. The number of carbonyl (C=O) groups excluding carboxylic acids is 1. The zero-order valence-electron chi connectivity index (χ0n) is 8.83.